The molecule has 0 spiro atoms. The minimum atomic E-state index is -0.882. The largest absolute Gasteiger partial charge is 0.467 e. The van der Waals surface area contributed by atoms with Crippen LogP contribution in [0, 0.1) is 11.8 Å². The van der Waals surface area contributed by atoms with Crippen LogP contribution in [0.25, 0.3) is 0 Å². The molecule has 3 amide bonds. The van der Waals surface area contributed by atoms with Crippen molar-refractivity contribution < 1.29 is 42.9 Å². The Morgan fingerprint density at radius 3 is 1.69 bits per heavy atom. The molecule has 2 heterocycles. The van der Waals surface area contributed by atoms with E-state index in [0.29, 0.717) is 13.0 Å². The zero-order valence-electron chi connectivity index (χ0n) is 22.5. The second-order valence-corrected chi connectivity index (χ2v) is 10.9. The van der Waals surface area contributed by atoms with E-state index in [2.05, 4.69) is 4.74 Å². The van der Waals surface area contributed by atoms with Crippen molar-refractivity contribution in [2.75, 3.05) is 20.8 Å². The average Bonchev–Trinajstić information content (AvgIpc) is 3.25. The minimum absolute atomic E-state index is 0.269. The van der Waals surface area contributed by atoms with Gasteiger partial charge in [-0.3, -0.25) is 9.69 Å². The van der Waals surface area contributed by atoms with Gasteiger partial charge in [-0.05, 0) is 60.3 Å². The summed E-state index contributed by atoms with van der Waals surface area (Å²) in [6.07, 6.45) is -0.346. The number of hydrogen-bond acceptors (Lipinski definition) is 9. The SMILES string of the molecule is COC(=O)[C@@H]1C[C@H](C)C(=O)N1C(=O)OC(C)(C)C.COC(=O)[C@@H]1C[C@H](C)CN1C(=O)OC(C)(C)C. The molecule has 2 rings (SSSR count). The first-order chi connectivity index (χ1) is 15.9. The second-order valence-electron chi connectivity index (χ2n) is 10.9. The summed E-state index contributed by atoms with van der Waals surface area (Å²) < 4.78 is 19.7. The van der Waals surface area contributed by atoms with Crippen LogP contribution in [0.1, 0.15) is 68.2 Å². The molecule has 11 heteroatoms. The lowest BCUT2D eigenvalue weighted by Crippen LogP contribution is -2.46. The van der Waals surface area contributed by atoms with Gasteiger partial charge < -0.3 is 18.9 Å². The van der Waals surface area contributed by atoms with Crippen LogP contribution in [0.4, 0.5) is 9.59 Å². The summed E-state index contributed by atoms with van der Waals surface area (Å²) in [5.41, 5.74) is -1.27. The lowest BCUT2D eigenvalue weighted by Gasteiger charge is -2.27. The molecular weight excluding hydrogens is 460 g/mol. The maximum Gasteiger partial charge on any atom is 0.417 e. The summed E-state index contributed by atoms with van der Waals surface area (Å²) in [6.45, 7) is 14.7. The Kier molecular flexibility index (Phi) is 10.1. The predicted octanol–water partition coefficient (Wildman–Crippen LogP) is 3.14. The third-order valence-electron chi connectivity index (χ3n) is 5.22. The molecule has 2 saturated heterocycles. The molecule has 4 atom stereocenters. The Labute approximate surface area is 207 Å². The molecule has 35 heavy (non-hydrogen) atoms. The Morgan fingerprint density at radius 2 is 1.23 bits per heavy atom. The second kappa shape index (κ2) is 11.7. The number of hydrogen-bond donors (Lipinski definition) is 0. The maximum atomic E-state index is 11.9. The van der Waals surface area contributed by atoms with Crippen LogP contribution < -0.4 is 0 Å². The quantitative estimate of drug-likeness (QED) is 0.415. The van der Waals surface area contributed by atoms with Gasteiger partial charge in [0.25, 0.3) is 0 Å². The predicted molar refractivity (Wildman–Crippen MR) is 125 cm³/mol. The molecule has 0 radical (unpaired) electrons. The van der Waals surface area contributed by atoms with Crippen LogP contribution in [0.2, 0.25) is 0 Å². The Morgan fingerprint density at radius 1 is 0.771 bits per heavy atom. The van der Waals surface area contributed by atoms with Crippen molar-refractivity contribution in [3.8, 4) is 0 Å². The van der Waals surface area contributed by atoms with Crippen molar-refractivity contribution in [1.82, 2.24) is 9.80 Å². The van der Waals surface area contributed by atoms with Crippen LogP contribution in [0.5, 0.6) is 0 Å². The van der Waals surface area contributed by atoms with Crippen LogP contribution in [0.15, 0.2) is 0 Å². The third kappa shape index (κ3) is 8.70. The summed E-state index contributed by atoms with van der Waals surface area (Å²) in [7, 11) is 2.56. The highest BCUT2D eigenvalue weighted by molar-refractivity contribution is 6.00. The van der Waals surface area contributed by atoms with Gasteiger partial charge in [0.05, 0.1) is 14.2 Å². The van der Waals surface area contributed by atoms with Gasteiger partial charge in [-0.25, -0.2) is 24.1 Å². The van der Waals surface area contributed by atoms with Gasteiger partial charge in [0.15, 0.2) is 0 Å². The molecule has 11 nitrogen and oxygen atoms in total. The van der Waals surface area contributed by atoms with Gasteiger partial charge in [0.2, 0.25) is 5.91 Å². The van der Waals surface area contributed by atoms with Gasteiger partial charge in [-0.2, -0.15) is 0 Å². The van der Waals surface area contributed by atoms with Crippen LogP contribution in [-0.4, -0.2) is 83.9 Å². The van der Waals surface area contributed by atoms with Crippen molar-refractivity contribution in [3.63, 3.8) is 0 Å². The number of amides is 3. The minimum Gasteiger partial charge on any atom is -0.467 e. The number of imide groups is 1. The fourth-order valence-electron chi connectivity index (χ4n) is 3.73. The number of methoxy groups -OCH3 is 2. The molecule has 0 N–H and O–H groups in total. The van der Waals surface area contributed by atoms with E-state index in [1.54, 1.807) is 48.5 Å². The summed E-state index contributed by atoms with van der Waals surface area (Å²) in [4.78, 5) is 61.2. The molecule has 2 aliphatic rings. The number of carbonyl (C=O) groups is 5. The normalized spacial score (nSPS) is 24.3. The number of rotatable bonds is 2. The lowest BCUT2D eigenvalue weighted by atomic mass is 10.1. The zero-order valence-corrected chi connectivity index (χ0v) is 22.5. The van der Waals surface area contributed by atoms with Gasteiger partial charge in [0, 0.05) is 12.5 Å². The van der Waals surface area contributed by atoms with Crippen molar-refractivity contribution in [1.29, 1.82) is 0 Å². The van der Waals surface area contributed by atoms with E-state index in [4.69, 9.17) is 14.2 Å². The van der Waals surface area contributed by atoms with E-state index in [1.165, 1.54) is 19.1 Å². The smallest absolute Gasteiger partial charge is 0.417 e. The van der Waals surface area contributed by atoms with Crippen molar-refractivity contribution in [3.05, 3.63) is 0 Å². The fraction of sp³-hybridized carbons (Fsp3) is 0.792. The molecule has 0 aromatic rings. The summed E-state index contributed by atoms with van der Waals surface area (Å²) in [5.74, 6) is -1.48. The number of ether oxygens (including phenoxy) is 4. The third-order valence-corrected chi connectivity index (χ3v) is 5.22. The van der Waals surface area contributed by atoms with Crippen LogP contribution >= 0.6 is 0 Å². The highest BCUT2D eigenvalue weighted by atomic mass is 16.6. The number of likely N-dealkylation sites (tertiary alicyclic amines) is 2. The van der Waals surface area contributed by atoms with E-state index in [1.807, 2.05) is 6.92 Å². The Bertz CT molecular complexity index is 813. The molecule has 2 aliphatic heterocycles. The van der Waals surface area contributed by atoms with Gasteiger partial charge in [0.1, 0.15) is 23.3 Å². The van der Waals surface area contributed by atoms with Crippen molar-refractivity contribution in [2.45, 2.75) is 91.5 Å². The number of esters is 2. The molecule has 200 valence electrons. The topological polar surface area (TPSA) is 129 Å². The van der Waals surface area contributed by atoms with E-state index in [9.17, 15) is 24.0 Å². The van der Waals surface area contributed by atoms with Gasteiger partial charge >= 0.3 is 24.1 Å². The van der Waals surface area contributed by atoms with Crippen LogP contribution in [0.3, 0.4) is 0 Å². The zero-order chi connectivity index (χ0) is 27.3. The molecule has 0 aromatic heterocycles. The van der Waals surface area contributed by atoms with Crippen molar-refractivity contribution >= 4 is 30.0 Å². The van der Waals surface area contributed by atoms with E-state index >= 15 is 0 Å². The first kappa shape index (κ1) is 30.2. The van der Waals surface area contributed by atoms with Gasteiger partial charge in [-0.1, -0.05) is 13.8 Å². The molecule has 0 unspecified atom stereocenters. The molecule has 0 aliphatic carbocycles. The molecule has 0 aromatic carbocycles. The van der Waals surface area contributed by atoms with Crippen LogP contribution in [-0.2, 0) is 33.3 Å². The summed E-state index contributed by atoms with van der Waals surface area (Å²) in [5, 5.41) is 0. The van der Waals surface area contributed by atoms with E-state index < -0.39 is 47.3 Å². The Balaban J connectivity index is 0.000000351. The molecular formula is C24H40N2O9. The lowest BCUT2D eigenvalue weighted by molar-refractivity contribution is -0.148. The highest BCUT2D eigenvalue weighted by Crippen LogP contribution is 2.27. The molecule has 2 fully saturated rings. The number of carbonyl (C=O) groups excluding carboxylic acids is 5. The first-order valence-corrected chi connectivity index (χ1v) is 11.6. The molecule has 0 bridgehead atoms. The fourth-order valence-corrected chi connectivity index (χ4v) is 3.73. The maximum absolute atomic E-state index is 11.9. The standard InChI is InChI=1S/C12H19NO5.C12H21NO4/c1-7-6-8(10(15)17-5)13(9(7)14)11(16)18-12(2,3)4;1-8-6-9(10(14)16-5)13(7-8)11(15)17-12(2,3)4/h7-8H,6H2,1-5H3;8-9H,6-7H2,1-5H3/t7-,8-;8-,9-/m00/s1. The van der Waals surface area contributed by atoms with E-state index in [0.717, 1.165) is 4.90 Å². The number of nitrogens with zero attached hydrogens (tertiary/aromatic N) is 2. The summed E-state index contributed by atoms with van der Waals surface area (Å²) in [6, 6.07) is -1.39. The average molecular weight is 501 g/mol. The van der Waals surface area contributed by atoms with Gasteiger partial charge in [-0.15, -0.1) is 0 Å². The summed E-state index contributed by atoms with van der Waals surface area (Å²) >= 11 is 0. The first-order valence-electron chi connectivity index (χ1n) is 11.6. The highest BCUT2D eigenvalue weighted by Gasteiger charge is 2.47. The Hall–Kier alpha value is -2.85. The van der Waals surface area contributed by atoms with Crippen molar-refractivity contribution in [2.24, 2.45) is 11.8 Å². The van der Waals surface area contributed by atoms with E-state index in [-0.39, 0.29) is 24.2 Å². The molecule has 0 saturated carbocycles. The monoisotopic (exact) mass is 500 g/mol.